The third-order valence-corrected chi connectivity index (χ3v) is 3.51. The Morgan fingerprint density at radius 3 is 2.80 bits per heavy atom. The largest absolute Gasteiger partial charge is 0.354 e. The first-order chi connectivity index (χ1) is 8.71. The Morgan fingerprint density at radius 1 is 1.40 bits per heavy atom. The topological polar surface area (TPSA) is 54.0 Å². The quantitative estimate of drug-likeness (QED) is 0.893. The van der Waals surface area contributed by atoms with Gasteiger partial charge in [-0.25, -0.2) is 0 Å². The van der Waals surface area contributed by atoms with Gasteiger partial charge in [0, 0.05) is 24.9 Å². The van der Waals surface area contributed by atoms with E-state index in [1.54, 1.807) is 6.20 Å². The summed E-state index contributed by atoms with van der Waals surface area (Å²) in [5, 5.41) is 6.32. The maximum atomic E-state index is 12.1. The summed E-state index contributed by atoms with van der Waals surface area (Å²) in [6.45, 7) is 3.57. The average molecular weight is 320 g/mol. The molecule has 1 amide bonds. The minimum absolute atomic E-state index is 0. The van der Waals surface area contributed by atoms with Gasteiger partial charge >= 0.3 is 0 Å². The number of piperidine rings is 1. The Balaban J connectivity index is 0.00000180. The van der Waals surface area contributed by atoms with E-state index in [1.165, 1.54) is 0 Å². The number of pyridine rings is 1. The second kappa shape index (κ2) is 9.16. The van der Waals surface area contributed by atoms with Gasteiger partial charge in [0.2, 0.25) is 5.91 Å². The predicted octanol–water partition coefficient (Wildman–Crippen LogP) is 2.12. The SMILES string of the molecule is CC1(C(=O)NCCc2ccccn2)CCCCN1.Cl.Cl. The van der Waals surface area contributed by atoms with E-state index in [1.807, 2.05) is 25.1 Å². The maximum absolute atomic E-state index is 12.1. The van der Waals surface area contributed by atoms with Crippen molar-refractivity contribution in [3.8, 4) is 0 Å². The molecule has 114 valence electrons. The van der Waals surface area contributed by atoms with Crippen LogP contribution in [0.4, 0.5) is 0 Å². The molecule has 1 saturated heterocycles. The number of halogens is 2. The fraction of sp³-hybridized carbons (Fsp3) is 0.571. The van der Waals surface area contributed by atoms with Crippen LogP contribution in [0.5, 0.6) is 0 Å². The molecule has 2 N–H and O–H groups in total. The van der Waals surface area contributed by atoms with Gasteiger partial charge in [-0.3, -0.25) is 9.78 Å². The molecule has 1 aliphatic rings. The Labute approximate surface area is 132 Å². The van der Waals surface area contributed by atoms with Crippen molar-refractivity contribution >= 4 is 30.7 Å². The molecule has 1 aromatic rings. The predicted molar refractivity (Wildman–Crippen MR) is 85.7 cm³/mol. The van der Waals surface area contributed by atoms with Gasteiger partial charge in [-0.2, -0.15) is 0 Å². The monoisotopic (exact) mass is 319 g/mol. The summed E-state index contributed by atoms with van der Waals surface area (Å²) in [6, 6.07) is 5.84. The lowest BCUT2D eigenvalue weighted by molar-refractivity contribution is -0.127. The molecular formula is C14H23Cl2N3O. The minimum Gasteiger partial charge on any atom is -0.354 e. The maximum Gasteiger partial charge on any atom is 0.240 e. The Morgan fingerprint density at radius 2 is 2.20 bits per heavy atom. The first-order valence-corrected chi connectivity index (χ1v) is 6.64. The van der Waals surface area contributed by atoms with Gasteiger partial charge in [0.1, 0.15) is 0 Å². The number of carbonyl (C=O) groups is 1. The average Bonchev–Trinajstić information content (AvgIpc) is 2.41. The van der Waals surface area contributed by atoms with Crippen LogP contribution in [0.1, 0.15) is 31.9 Å². The highest BCUT2D eigenvalue weighted by Gasteiger charge is 2.33. The number of nitrogens with one attached hydrogen (secondary N) is 2. The van der Waals surface area contributed by atoms with E-state index >= 15 is 0 Å². The van der Waals surface area contributed by atoms with Gasteiger partial charge in [-0.15, -0.1) is 24.8 Å². The van der Waals surface area contributed by atoms with Crippen LogP contribution in [0.15, 0.2) is 24.4 Å². The van der Waals surface area contributed by atoms with Crippen molar-refractivity contribution < 1.29 is 4.79 Å². The normalized spacial score (nSPS) is 21.2. The summed E-state index contributed by atoms with van der Waals surface area (Å²) in [7, 11) is 0. The molecule has 0 aliphatic carbocycles. The lowest BCUT2D eigenvalue weighted by atomic mass is 9.90. The molecule has 1 aromatic heterocycles. The number of rotatable bonds is 4. The van der Waals surface area contributed by atoms with E-state index in [9.17, 15) is 4.79 Å². The fourth-order valence-electron chi connectivity index (χ4n) is 2.30. The van der Waals surface area contributed by atoms with Crippen LogP contribution in [0.2, 0.25) is 0 Å². The van der Waals surface area contributed by atoms with Crippen LogP contribution < -0.4 is 10.6 Å². The molecule has 0 aromatic carbocycles. The van der Waals surface area contributed by atoms with Crippen molar-refractivity contribution in [3.63, 3.8) is 0 Å². The van der Waals surface area contributed by atoms with Crippen LogP contribution in [0.25, 0.3) is 0 Å². The highest BCUT2D eigenvalue weighted by molar-refractivity contribution is 5.86. The van der Waals surface area contributed by atoms with Crippen molar-refractivity contribution in [1.82, 2.24) is 15.6 Å². The summed E-state index contributed by atoms with van der Waals surface area (Å²) in [5.41, 5.74) is 0.627. The smallest absolute Gasteiger partial charge is 0.240 e. The first-order valence-electron chi connectivity index (χ1n) is 6.64. The number of hydrogen-bond donors (Lipinski definition) is 2. The zero-order valence-corrected chi connectivity index (χ0v) is 13.4. The Hall–Kier alpha value is -0.840. The third-order valence-electron chi connectivity index (χ3n) is 3.51. The van der Waals surface area contributed by atoms with E-state index in [-0.39, 0.29) is 36.3 Å². The van der Waals surface area contributed by atoms with E-state index in [4.69, 9.17) is 0 Å². The highest BCUT2D eigenvalue weighted by atomic mass is 35.5. The summed E-state index contributed by atoms with van der Waals surface area (Å²) < 4.78 is 0. The van der Waals surface area contributed by atoms with Crippen molar-refractivity contribution in [2.75, 3.05) is 13.1 Å². The van der Waals surface area contributed by atoms with E-state index < -0.39 is 0 Å². The van der Waals surface area contributed by atoms with Gasteiger partial charge in [-0.1, -0.05) is 6.07 Å². The molecular weight excluding hydrogens is 297 g/mol. The number of carbonyl (C=O) groups excluding carboxylic acids is 1. The second-order valence-electron chi connectivity index (χ2n) is 5.04. The van der Waals surface area contributed by atoms with Crippen molar-refractivity contribution in [2.45, 2.75) is 38.1 Å². The van der Waals surface area contributed by atoms with Crippen LogP contribution in [0.3, 0.4) is 0 Å². The highest BCUT2D eigenvalue weighted by Crippen LogP contribution is 2.18. The molecule has 0 bridgehead atoms. The lowest BCUT2D eigenvalue weighted by Gasteiger charge is -2.33. The Kier molecular flexibility index (Phi) is 8.78. The second-order valence-corrected chi connectivity index (χ2v) is 5.04. The molecule has 1 atom stereocenters. The van der Waals surface area contributed by atoms with E-state index in [0.717, 1.165) is 37.9 Å². The van der Waals surface area contributed by atoms with Crippen LogP contribution in [-0.4, -0.2) is 29.5 Å². The standard InChI is InChI=1S/C14H21N3O.2ClH/c1-14(8-3-5-10-17-14)13(18)16-11-7-12-6-2-4-9-15-12;;/h2,4,6,9,17H,3,5,7-8,10-11H2,1H3,(H,16,18);2*1H. The number of nitrogens with zero attached hydrogens (tertiary/aromatic N) is 1. The molecule has 2 rings (SSSR count). The van der Waals surface area contributed by atoms with Gasteiger partial charge in [0.15, 0.2) is 0 Å². The number of aromatic nitrogens is 1. The van der Waals surface area contributed by atoms with E-state index in [0.29, 0.717) is 6.54 Å². The molecule has 1 fully saturated rings. The molecule has 0 saturated carbocycles. The van der Waals surface area contributed by atoms with Gasteiger partial charge in [-0.05, 0) is 44.9 Å². The van der Waals surface area contributed by atoms with Crippen LogP contribution in [0, 0.1) is 0 Å². The van der Waals surface area contributed by atoms with Crippen molar-refractivity contribution in [3.05, 3.63) is 30.1 Å². The van der Waals surface area contributed by atoms with Crippen molar-refractivity contribution in [1.29, 1.82) is 0 Å². The third kappa shape index (κ3) is 5.27. The van der Waals surface area contributed by atoms with Gasteiger partial charge in [0.25, 0.3) is 0 Å². The summed E-state index contributed by atoms with van der Waals surface area (Å²) in [5.74, 6) is 0.109. The summed E-state index contributed by atoms with van der Waals surface area (Å²) in [4.78, 5) is 16.4. The van der Waals surface area contributed by atoms with Gasteiger partial charge in [0.05, 0.1) is 5.54 Å². The molecule has 6 heteroatoms. The first kappa shape index (κ1) is 19.2. The molecule has 1 aliphatic heterocycles. The molecule has 0 spiro atoms. The molecule has 1 unspecified atom stereocenters. The van der Waals surface area contributed by atoms with Gasteiger partial charge < -0.3 is 10.6 Å². The zero-order valence-electron chi connectivity index (χ0n) is 11.7. The Bertz CT molecular complexity index is 395. The summed E-state index contributed by atoms with van der Waals surface area (Å²) >= 11 is 0. The zero-order chi connectivity index (χ0) is 12.8. The van der Waals surface area contributed by atoms with Crippen LogP contribution in [-0.2, 0) is 11.2 Å². The van der Waals surface area contributed by atoms with Crippen LogP contribution >= 0.6 is 24.8 Å². The molecule has 4 nitrogen and oxygen atoms in total. The van der Waals surface area contributed by atoms with Crippen molar-refractivity contribution in [2.24, 2.45) is 0 Å². The minimum atomic E-state index is -0.387. The lowest BCUT2D eigenvalue weighted by Crippen LogP contribution is -2.57. The summed E-state index contributed by atoms with van der Waals surface area (Å²) in [6.07, 6.45) is 5.76. The molecule has 2 heterocycles. The molecule has 0 radical (unpaired) electrons. The number of hydrogen-bond acceptors (Lipinski definition) is 3. The fourth-order valence-corrected chi connectivity index (χ4v) is 2.30. The van der Waals surface area contributed by atoms with E-state index in [2.05, 4.69) is 15.6 Å². The number of amides is 1. The molecule has 20 heavy (non-hydrogen) atoms.